The van der Waals surface area contributed by atoms with Crippen LogP contribution in [0.2, 0.25) is 0 Å². The van der Waals surface area contributed by atoms with E-state index in [9.17, 15) is 4.39 Å². The van der Waals surface area contributed by atoms with Crippen LogP contribution in [0.1, 0.15) is 22.7 Å². The predicted octanol–water partition coefficient (Wildman–Crippen LogP) is 3.46. The van der Waals surface area contributed by atoms with Crippen LogP contribution in [-0.2, 0) is 0 Å². The summed E-state index contributed by atoms with van der Waals surface area (Å²) in [6.45, 7) is 1.97. The fraction of sp³-hybridized carbons (Fsp3) is 0.294. The van der Waals surface area contributed by atoms with Crippen molar-refractivity contribution >= 4 is 0 Å². The van der Waals surface area contributed by atoms with Gasteiger partial charge in [0.1, 0.15) is 17.3 Å². The van der Waals surface area contributed by atoms with E-state index in [1.807, 2.05) is 32.2 Å². The van der Waals surface area contributed by atoms with E-state index in [1.165, 1.54) is 6.07 Å². The molecular formula is C17H20FNO2. The Morgan fingerprint density at radius 1 is 1.00 bits per heavy atom. The molecule has 0 aliphatic rings. The molecule has 4 heteroatoms. The van der Waals surface area contributed by atoms with E-state index < -0.39 is 0 Å². The fourth-order valence-corrected chi connectivity index (χ4v) is 2.46. The first-order valence-electron chi connectivity index (χ1n) is 6.76. The molecule has 0 amide bonds. The Hall–Kier alpha value is -2.07. The molecule has 2 aromatic rings. The van der Waals surface area contributed by atoms with Gasteiger partial charge in [0.25, 0.3) is 0 Å². The zero-order chi connectivity index (χ0) is 15.4. The first-order valence-corrected chi connectivity index (χ1v) is 6.76. The number of halogens is 1. The lowest BCUT2D eigenvalue weighted by Gasteiger charge is -2.22. The lowest BCUT2D eigenvalue weighted by Crippen LogP contribution is -2.19. The van der Waals surface area contributed by atoms with Crippen molar-refractivity contribution in [1.82, 2.24) is 5.32 Å². The highest BCUT2D eigenvalue weighted by Crippen LogP contribution is 2.34. The molecule has 0 saturated carbocycles. The summed E-state index contributed by atoms with van der Waals surface area (Å²) in [4.78, 5) is 0. The third-order valence-corrected chi connectivity index (χ3v) is 3.59. The second-order valence-electron chi connectivity index (χ2n) is 4.83. The minimum atomic E-state index is -0.247. The minimum Gasteiger partial charge on any atom is -0.497 e. The van der Waals surface area contributed by atoms with Crippen LogP contribution in [0.3, 0.4) is 0 Å². The van der Waals surface area contributed by atoms with Gasteiger partial charge in [-0.1, -0.05) is 6.07 Å². The molecule has 0 radical (unpaired) electrons. The number of ether oxygens (including phenoxy) is 2. The number of hydrogen-bond donors (Lipinski definition) is 1. The summed E-state index contributed by atoms with van der Waals surface area (Å²) in [5, 5.41) is 3.23. The molecule has 0 aliphatic carbocycles. The highest BCUT2D eigenvalue weighted by atomic mass is 19.1. The quantitative estimate of drug-likeness (QED) is 0.914. The van der Waals surface area contributed by atoms with Crippen molar-refractivity contribution in [3.05, 3.63) is 58.9 Å². The van der Waals surface area contributed by atoms with E-state index >= 15 is 0 Å². The third-order valence-electron chi connectivity index (χ3n) is 3.59. The fourth-order valence-electron chi connectivity index (χ4n) is 2.46. The summed E-state index contributed by atoms with van der Waals surface area (Å²) < 4.78 is 24.2. The van der Waals surface area contributed by atoms with Gasteiger partial charge in [0.15, 0.2) is 0 Å². The van der Waals surface area contributed by atoms with Crippen LogP contribution >= 0.6 is 0 Å². The van der Waals surface area contributed by atoms with Crippen molar-refractivity contribution < 1.29 is 13.9 Å². The van der Waals surface area contributed by atoms with Crippen molar-refractivity contribution in [2.24, 2.45) is 0 Å². The summed E-state index contributed by atoms with van der Waals surface area (Å²) in [5.41, 5.74) is 2.85. The lowest BCUT2D eigenvalue weighted by molar-refractivity contribution is 0.388. The van der Waals surface area contributed by atoms with Gasteiger partial charge in [-0.15, -0.1) is 0 Å². The molecule has 2 aromatic carbocycles. The molecule has 21 heavy (non-hydrogen) atoms. The second-order valence-corrected chi connectivity index (χ2v) is 4.83. The molecule has 2 rings (SSSR count). The highest BCUT2D eigenvalue weighted by molar-refractivity contribution is 5.47. The molecule has 0 aromatic heterocycles. The summed E-state index contributed by atoms with van der Waals surface area (Å²) in [6.07, 6.45) is 0. The zero-order valence-corrected chi connectivity index (χ0v) is 12.7. The van der Waals surface area contributed by atoms with Gasteiger partial charge in [0, 0.05) is 11.6 Å². The van der Waals surface area contributed by atoms with E-state index in [0.717, 1.165) is 22.4 Å². The van der Waals surface area contributed by atoms with Crippen LogP contribution in [0.4, 0.5) is 4.39 Å². The van der Waals surface area contributed by atoms with Crippen molar-refractivity contribution in [1.29, 1.82) is 0 Å². The monoisotopic (exact) mass is 289 g/mol. The van der Waals surface area contributed by atoms with Gasteiger partial charge >= 0.3 is 0 Å². The SMILES string of the molecule is CNC(c1cc(F)ccc1C)c1ccc(OC)cc1OC. The second kappa shape index (κ2) is 6.59. The Bertz CT molecular complexity index is 628. The number of methoxy groups -OCH3 is 2. The van der Waals surface area contributed by atoms with Gasteiger partial charge in [0.2, 0.25) is 0 Å². The summed E-state index contributed by atoms with van der Waals surface area (Å²) >= 11 is 0. The van der Waals surface area contributed by atoms with Gasteiger partial charge in [-0.05, 0) is 49.4 Å². The molecule has 1 N–H and O–H groups in total. The molecule has 0 aliphatic heterocycles. The Labute approximate surface area is 124 Å². The normalized spacial score (nSPS) is 12.0. The summed E-state index contributed by atoms with van der Waals surface area (Å²) in [5.74, 6) is 1.18. The number of nitrogens with one attached hydrogen (secondary N) is 1. The van der Waals surface area contributed by atoms with Crippen LogP contribution in [0, 0.1) is 12.7 Å². The van der Waals surface area contributed by atoms with Crippen molar-refractivity contribution in [2.75, 3.05) is 21.3 Å². The molecule has 0 heterocycles. The molecule has 1 unspecified atom stereocenters. The Morgan fingerprint density at radius 3 is 2.38 bits per heavy atom. The molecule has 3 nitrogen and oxygen atoms in total. The maximum atomic E-state index is 13.6. The van der Waals surface area contributed by atoms with Gasteiger partial charge in [-0.3, -0.25) is 0 Å². The highest BCUT2D eigenvalue weighted by Gasteiger charge is 2.19. The van der Waals surface area contributed by atoms with Gasteiger partial charge in [0.05, 0.1) is 20.3 Å². The molecule has 0 fully saturated rings. The Balaban J connectivity index is 2.53. The van der Waals surface area contributed by atoms with Gasteiger partial charge < -0.3 is 14.8 Å². The number of aryl methyl sites for hydroxylation is 1. The van der Waals surface area contributed by atoms with Gasteiger partial charge in [-0.2, -0.15) is 0 Å². The van der Waals surface area contributed by atoms with E-state index in [4.69, 9.17) is 9.47 Å². The molecular weight excluding hydrogens is 269 g/mol. The van der Waals surface area contributed by atoms with E-state index in [-0.39, 0.29) is 11.9 Å². The number of hydrogen-bond acceptors (Lipinski definition) is 3. The van der Waals surface area contributed by atoms with E-state index in [1.54, 1.807) is 26.4 Å². The van der Waals surface area contributed by atoms with Crippen LogP contribution in [0.5, 0.6) is 11.5 Å². The van der Waals surface area contributed by atoms with Crippen molar-refractivity contribution in [2.45, 2.75) is 13.0 Å². The predicted molar refractivity (Wildman–Crippen MR) is 81.6 cm³/mol. The average Bonchev–Trinajstić information content (AvgIpc) is 2.51. The minimum absolute atomic E-state index is 0.151. The topological polar surface area (TPSA) is 30.5 Å². The van der Waals surface area contributed by atoms with Crippen molar-refractivity contribution in [3.8, 4) is 11.5 Å². The van der Waals surface area contributed by atoms with Crippen LogP contribution in [-0.4, -0.2) is 21.3 Å². The molecule has 112 valence electrons. The average molecular weight is 289 g/mol. The smallest absolute Gasteiger partial charge is 0.127 e. The lowest BCUT2D eigenvalue weighted by atomic mass is 9.94. The maximum absolute atomic E-state index is 13.6. The first kappa shape index (κ1) is 15.3. The maximum Gasteiger partial charge on any atom is 0.127 e. The Kier molecular flexibility index (Phi) is 4.81. The first-order chi connectivity index (χ1) is 10.1. The van der Waals surface area contributed by atoms with Gasteiger partial charge in [-0.25, -0.2) is 4.39 Å². The molecule has 0 spiro atoms. The van der Waals surface area contributed by atoms with Crippen LogP contribution < -0.4 is 14.8 Å². The third kappa shape index (κ3) is 3.16. The van der Waals surface area contributed by atoms with Crippen molar-refractivity contribution in [3.63, 3.8) is 0 Å². The number of rotatable bonds is 5. The van der Waals surface area contributed by atoms with Crippen LogP contribution in [0.25, 0.3) is 0 Å². The van der Waals surface area contributed by atoms with E-state index in [0.29, 0.717) is 5.75 Å². The standard InChI is InChI=1S/C17H20FNO2/c1-11-5-6-12(18)9-15(11)17(19-2)14-8-7-13(20-3)10-16(14)21-4/h5-10,17,19H,1-4H3. The largest absolute Gasteiger partial charge is 0.497 e. The summed E-state index contributed by atoms with van der Waals surface area (Å²) in [6, 6.07) is 10.3. The van der Waals surface area contributed by atoms with E-state index in [2.05, 4.69) is 5.32 Å². The molecule has 0 bridgehead atoms. The molecule has 1 atom stereocenters. The Morgan fingerprint density at radius 2 is 1.76 bits per heavy atom. The number of benzene rings is 2. The van der Waals surface area contributed by atoms with Crippen LogP contribution in [0.15, 0.2) is 36.4 Å². The summed E-state index contributed by atoms with van der Waals surface area (Å²) in [7, 11) is 5.07. The molecule has 0 saturated heterocycles. The zero-order valence-electron chi connectivity index (χ0n) is 12.7.